The smallest absolute Gasteiger partial charge is 0.264 e. The molecule has 1 aliphatic heterocycles. The van der Waals surface area contributed by atoms with Gasteiger partial charge in [0.25, 0.3) is 10.0 Å². The van der Waals surface area contributed by atoms with Crippen molar-refractivity contribution in [1.82, 2.24) is 9.97 Å². The highest BCUT2D eigenvalue weighted by Crippen LogP contribution is 2.31. The number of nitrogens with one attached hydrogen (secondary N) is 2. The third-order valence-corrected chi connectivity index (χ3v) is 7.46. The van der Waals surface area contributed by atoms with E-state index in [1.54, 1.807) is 11.0 Å². The van der Waals surface area contributed by atoms with Gasteiger partial charge in [-0.1, -0.05) is 6.07 Å². The van der Waals surface area contributed by atoms with Crippen molar-refractivity contribution in [1.29, 1.82) is 0 Å². The number of aromatic nitrogens is 2. The Bertz CT molecular complexity index is 1340. The minimum absolute atomic E-state index is 0.0109. The molecule has 2 N–H and O–H groups in total. The molecular weight excluding hydrogens is 454 g/mol. The molecule has 34 heavy (non-hydrogen) atoms. The maximum atomic E-state index is 12.8. The number of sulfonamides is 1. The number of nitrogens with zero attached hydrogens (tertiary/aromatic N) is 3. The highest BCUT2D eigenvalue weighted by molar-refractivity contribution is 7.92. The molecule has 1 unspecified atom stereocenters. The summed E-state index contributed by atoms with van der Waals surface area (Å²) in [7, 11) is -3.86. The Morgan fingerprint density at radius 1 is 1.00 bits per heavy atom. The van der Waals surface area contributed by atoms with Gasteiger partial charge in [-0.05, 0) is 72.9 Å². The molecule has 2 heterocycles. The monoisotopic (exact) mass is 477 g/mol. The van der Waals surface area contributed by atoms with E-state index in [9.17, 15) is 18.0 Å². The van der Waals surface area contributed by atoms with Gasteiger partial charge in [-0.25, -0.2) is 23.1 Å². The van der Waals surface area contributed by atoms with Crippen molar-refractivity contribution < 1.29 is 18.0 Å². The molecule has 2 aromatic carbocycles. The molecule has 2 aliphatic rings. The summed E-state index contributed by atoms with van der Waals surface area (Å²) < 4.78 is 27.3. The van der Waals surface area contributed by atoms with Crippen molar-refractivity contribution in [3.63, 3.8) is 0 Å². The lowest BCUT2D eigenvalue weighted by Gasteiger charge is -2.18. The predicted octanol–water partition coefficient (Wildman–Crippen LogP) is 2.76. The van der Waals surface area contributed by atoms with Crippen molar-refractivity contribution in [3.8, 4) is 0 Å². The van der Waals surface area contributed by atoms with Gasteiger partial charge in [-0.3, -0.25) is 9.59 Å². The molecule has 0 bridgehead atoms. The number of carbonyl (C=O) groups excluding carboxylic acids is 2. The number of hydrogen-bond acceptors (Lipinski definition) is 6. The summed E-state index contributed by atoms with van der Waals surface area (Å²) in [5.41, 5.74) is 3.90. The summed E-state index contributed by atoms with van der Waals surface area (Å²) in [6.07, 6.45) is 6.23. The Hall–Kier alpha value is -3.79. The van der Waals surface area contributed by atoms with Crippen LogP contribution in [0.3, 0.4) is 0 Å². The zero-order valence-electron chi connectivity index (χ0n) is 18.3. The summed E-state index contributed by atoms with van der Waals surface area (Å²) in [5.74, 6) is -0.864. The van der Waals surface area contributed by atoms with E-state index in [0.717, 1.165) is 24.9 Å². The Morgan fingerprint density at radius 3 is 2.50 bits per heavy atom. The molecule has 5 rings (SSSR count). The van der Waals surface area contributed by atoms with Gasteiger partial charge in [0.2, 0.25) is 17.8 Å². The van der Waals surface area contributed by atoms with Crippen molar-refractivity contribution in [2.24, 2.45) is 5.92 Å². The lowest BCUT2D eigenvalue weighted by molar-refractivity contribution is -0.122. The summed E-state index contributed by atoms with van der Waals surface area (Å²) in [5, 5.41) is 2.79. The van der Waals surface area contributed by atoms with Gasteiger partial charge in [0, 0.05) is 36.7 Å². The second-order valence-corrected chi connectivity index (χ2v) is 10.1. The normalized spacial score (nSPS) is 17.5. The first-order chi connectivity index (χ1) is 16.4. The number of aryl methyl sites for hydroxylation is 2. The van der Waals surface area contributed by atoms with Crippen molar-refractivity contribution >= 4 is 39.2 Å². The van der Waals surface area contributed by atoms with Crippen LogP contribution in [0.25, 0.3) is 0 Å². The van der Waals surface area contributed by atoms with Crippen LogP contribution in [0.15, 0.2) is 65.8 Å². The third-order valence-electron chi connectivity index (χ3n) is 6.11. The highest BCUT2D eigenvalue weighted by Gasteiger charge is 2.35. The minimum Gasteiger partial charge on any atom is -0.326 e. The molecule has 3 aromatic rings. The number of carbonyl (C=O) groups is 2. The average molecular weight is 478 g/mol. The Labute approximate surface area is 197 Å². The first-order valence-corrected chi connectivity index (χ1v) is 12.5. The van der Waals surface area contributed by atoms with Gasteiger partial charge in [0.05, 0.1) is 10.8 Å². The fraction of sp³-hybridized carbons (Fsp3) is 0.250. The summed E-state index contributed by atoms with van der Waals surface area (Å²) in [4.78, 5) is 34.8. The molecule has 10 heteroatoms. The minimum atomic E-state index is -3.86. The SMILES string of the molecule is O=C(Nc1ccc(S(=O)(=O)Nc2ncccn2)cc1)C1CC(=O)N(c2ccc3c(c2)CCC3)C1. The number of anilines is 3. The zero-order chi connectivity index (χ0) is 23.7. The van der Waals surface area contributed by atoms with Crippen LogP contribution in [0.1, 0.15) is 24.0 Å². The van der Waals surface area contributed by atoms with Gasteiger partial charge < -0.3 is 10.2 Å². The van der Waals surface area contributed by atoms with Gasteiger partial charge in [-0.15, -0.1) is 0 Å². The molecule has 1 saturated heterocycles. The maximum absolute atomic E-state index is 12.8. The van der Waals surface area contributed by atoms with Crippen LogP contribution in [-0.2, 0) is 32.5 Å². The lowest BCUT2D eigenvalue weighted by atomic mass is 10.1. The lowest BCUT2D eigenvalue weighted by Crippen LogP contribution is -2.28. The van der Waals surface area contributed by atoms with Crippen LogP contribution in [-0.4, -0.2) is 36.7 Å². The van der Waals surface area contributed by atoms with Crippen molar-refractivity contribution in [2.45, 2.75) is 30.6 Å². The molecule has 1 fully saturated rings. The first kappa shape index (κ1) is 22.0. The van der Waals surface area contributed by atoms with Crippen LogP contribution >= 0.6 is 0 Å². The number of amides is 2. The number of rotatable bonds is 6. The molecule has 1 aliphatic carbocycles. The van der Waals surface area contributed by atoms with Crippen LogP contribution in [0.2, 0.25) is 0 Å². The summed E-state index contributed by atoms with van der Waals surface area (Å²) >= 11 is 0. The predicted molar refractivity (Wildman–Crippen MR) is 127 cm³/mol. The van der Waals surface area contributed by atoms with E-state index >= 15 is 0 Å². The largest absolute Gasteiger partial charge is 0.326 e. The highest BCUT2D eigenvalue weighted by atomic mass is 32.2. The van der Waals surface area contributed by atoms with Crippen LogP contribution in [0.4, 0.5) is 17.3 Å². The molecule has 1 atom stereocenters. The number of hydrogen-bond donors (Lipinski definition) is 2. The molecule has 0 saturated carbocycles. The van der Waals surface area contributed by atoms with E-state index in [4.69, 9.17) is 0 Å². The van der Waals surface area contributed by atoms with E-state index in [1.165, 1.54) is 47.8 Å². The van der Waals surface area contributed by atoms with E-state index in [0.29, 0.717) is 12.2 Å². The quantitative estimate of drug-likeness (QED) is 0.563. The average Bonchev–Trinajstić information content (AvgIpc) is 3.46. The number of benzene rings is 2. The van der Waals surface area contributed by atoms with Gasteiger partial charge in [-0.2, -0.15) is 0 Å². The maximum Gasteiger partial charge on any atom is 0.264 e. The van der Waals surface area contributed by atoms with Gasteiger partial charge in [0.15, 0.2) is 0 Å². The fourth-order valence-electron chi connectivity index (χ4n) is 4.35. The second kappa shape index (κ2) is 8.86. The molecule has 1 aromatic heterocycles. The Balaban J connectivity index is 1.23. The summed E-state index contributed by atoms with van der Waals surface area (Å²) in [6.45, 7) is 0.316. The second-order valence-electron chi connectivity index (χ2n) is 8.40. The van der Waals surface area contributed by atoms with Gasteiger partial charge in [0.1, 0.15) is 0 Å². The molecule has 0 radical (unpaired) electrons. The molecule has 9 nitrogen and oxygen atoms in total. The number of fused-ring (bicyclic) bond motifs is 1. The zero-order valence-corrected chi connectivity index (χ0v) is 19.1. The molecular formula is C24H23N5O4S. The van der Waals surface area contributed by atoms with Crippen LogP contribution < -0.4 is 14.9 Å². The molecule has 174 valence electrons. The van der Waals surface area contributed by atoms with Crippen molar-refractivity contribution in [3.05, 3.63) is 72.1 Å². The topological polar surface area (TPSA) is 121 Å². The van der Waals surface area contributed by atoms with Crippen LogP contribution in [0, 0.1) is 5.92 Å². The van der Waals surface area contributed by atoms with E-state index in [1.807, 2.05) is 6.07 Å². The van der Waals surface area contributed by atoms with Crippen LogP contribution in [0.5, 0.6) is 0 Å². The Kier molecular flexibility index (Phi) is 5.74. The first-order valence-electron chi connectivity index (χ1n) is 11.0. The van der Waals surface area contributed by atoms with E-state index < -0.39 is 15.9 Å². The van der Waals surface area contributed by atoms with Crippen molar-refractivity contribution in [2.75, 3.05) is 21.5 Å². The standard InChI is InChI=1S/C24H23N5O4S/c30-22-14-18(15-29(22)20-8-5-16-3-1-4-17(16)13-20)23(31)27-19-6-9-21(10-7-19)34(32,33)28-24-25-11-2-12-26-24/h2,5-13,18H,1,3-4,14-15H2,(H,27,31)(H,25,26,28). The summed E-state index contributed by atoms with van der Waals surface area (Å²) in [6, 6.07) is 13.5. The van der Waals surface area contributed by atoms with Gasteiger partial charge >= 0.3 is 0 Å². The van der Waals surface area contributed by atoms with E-state index in [2.05, 4.69) is 32.1 Å². The Morgan fingerprint density at radius 2 is 1.74 bits per heavy atom. The van der Waals surface area contributed by atoms with E-state index in [-0.39, 0.29) is 29.1 Å². The fourth-order valence-corrected chi connectivity index (χ4v) is 5.31. The molecule has 0 spiro atoms. The third kappa shape index (κ3) is 4.49. The molecule has 2 amide bonds.